The van der Waals surface area contributed by atoms with Crippen LogP contribution in [0.2, 0.25) is 0 Å². The molecule has 5 nitrogen and oxygen atoms in total. The lowest BCUT2D eigenvalue weighted by atomic mass is 10.1. The molecule has 0 aliphatic rings. The normalized spacial score (nSPS) is 12.1. The quantitative estimate of drug-likeness (QED) is 0.698. The van der Waals surface area contributed by atoms with Crippen molar-refractivity contribution in [1.82, 2.24) is 9.97 Å². The number of rotatable bonds is 3. The highest BCUT2D eigenvalue weighted by molar-refractivity contribution is 5.44. The van der Waals surface area contributed by atoms with Crippen molar-refractivity contribution in [3.8, 4) is 0 Å². The van der Waals surface area contributed by atoms with Crippen LogP contribution in [-0.2, 0) is 0 Å². The van der Waals surface area contributed by atoms with E-state index in [-0.39, 0.29) is 11.6 Å². The van der Waals surface area contributed by atoms with Crippen molar-refractivity contribution < 1.29 is 0 Å². The van der Waals surface area contributed by atoms with E-state index in [9.17, 15) is 4.79 Å². The van der Waals surface area contributed by atoms with Crippen LogP contribution in [0, 0.1) is 0 Å². The van der Waals surface area contributed by atoms with Crippen LogP contribution in [0.3, 0.4) is 0 Å². The van der Waals surface area contributed by atoms with Crippen LogP contribution in [0.15, 0.2) is 41.5 Å². The summed E-state index contributed by atoms with van der Waals surface area (Å²) >= 11 is 0. The van der Waals surface area contributed by atoms with Gasteiger partial charge in [-0.25, -0.2) is 4.98 Å². The van der Waals surface area contributed by atoms with Crippen molar-refractivity contribution in [3.05, 3.63) is 52.6 Å². The molecule has 0 amide bonds. The molecule has 0 fully saturated rings. The minimum Gasteiger partial charge on any atom is -0.399 e. The van der Waals surface area contributed by atoms with Gasteiger partial charge in [-0.15, -0.1) is 0 Å². The van der Waals surface area contributed by atoms with Gasteiger partial charge in [0, 0.05) is 18.1 Å². The molecule has 0 bridgehead atoms. The summed E-state index contributed by atoms with van der Waals surface area (Å²) < 4.78 is 0. The number of anilines is 2. The molecule has 1 aromatic carbocycles. The van der Waals surface area contributed by atoms with Gasteiger partial charge in [-0.3, -0.25) is 4.79 Å². The maximum Gasteiger partial charge on any atom is 0.290 e. The van der Waals surface area contributed by atoms with Crippen molar-refractivity contribution in [2.45, 2.75) is 13.0 Å². The van der Waals surface area contributed by atoms with Crippen molar-refractivity contribution in [2.24, 2.45) is 0 Å². The van der Waals surface area contributed by atoms with Crippen molar-refractivity contribution in [1.29, 1.82) is 0 Å². The van der Waals surface area contributed by atoms with Gasteiger partial charge in [0.25, 0.3) is 5.56 Å². The number of nitrogen functional groups attached to an aromatic ring is 1. The molecule has 17 heavy (non-hydrogen) atoms. The van der Waals surface area contributed by atoms with E-state index < -0.39 is 0 Å². The Morgan fingerprint density at radius 3 is 3.00 bits per heavy atom. The minimum absolute atomic E-state index is 0.0329. The molecule has 2 aromatic rings. The van der Waals surface area contributed by atoms with E-state index in [1.165, 1.54) is 12.4 Å². The van der Waals surface area contributed by atoms with E-state index in [2.05, 4.69) is 15.3 Å². The number of benzene rings is 1. The summed E-state index contributed by atoms with van der Waals surface area (Å²) in [6.07, 6.45) is 3.04. The molecule has 4 N–H and O–H groups in total. The monoisotopic (exact) mass is 230 g/mol. The van der Waals surface area contributed by atoms with E-state index >= 15 is 0 Å². The van der Waals surface area contributed by atoms with Gasteiger partial charge >= 0.3 is 0 Å². The SMILES string of the molecule is CC(Nc1ncc[nH]c1=O)c1cccc(N)c1. The third kappa shape index (κ3) is 2.63. The predicted octanol–water partition coefficient (Wildman–Crippen LogP) is 1.53. The second-order valence-corrected chi connectivity index (χ2v) is 3.80. The van der Waals surface area contributed by atoms with Gasteiger partial charge in [-0.1, -0.05) is 12.1 Å². The highest BCUT2D eigenvalue weighted by Gasteiger charge is 2.08. The first kappa shape index (κ1) is 11.2. The fraction of sp³-hybridized carbons (Fsp3) is 0.167. The fourth-order valence-corrected chi connectivity index (χ4v) is 1.57. The highest BCUT2D eigenvalue weighted by atomic mass is 16.1. The van der Waals surface area contributed by atoms with Crippen LogP contribution >= 0.6 is 0 Å². The molecule has 0 aliphatic heterocycles. The molecule has 0 saturated heterocycles. The maximum atomic E-state index is 11.4. The van der Waals surface area contributed by atoms with E-state index in [0.29, 0.717) is 11.5 Å². The van der Waals surface area contributed by atoms with Gasteiger partial charge < -0.3 is 16.0 Å². The van der Waals surface area contributed by atoms with Crippen LogP contribution < -0.4 is 16.6 Å². The van der Waals surface area contributed by atoms with Gasteiger partial charge in [0.2, 0.25) is 0 Å². The van der Waals surface area contributed by atoms with E-state index in [4.69, 9.17) is 5.73 Å². The number of aromatic nitrogens is 2. The molecule has 0 saturated carbocycles. The van der Waals surface area contributed by atoms with Crippen molar-refractivity contribution in [3.63, 3.8) is 0 Å². The Morgan fingerprint density at radius 2 is 2.29 bits per heavy atom. The summed E-state index contributed by atoms with van der Waals surface area (Å²) in [6.45, 7) is 1.95. The first-order chi connectivity index (χ1) is 8.16. The summed E-state index contributed by atoms with van der Waals surface area (Å²) in [5.74, 6) is 0.308. The highest BCUT2D eigenvalue weighted by Crippen LogP contribution is 2.17. The molecule has 5 heteroatoms. The van der Waals surface area contributed by atoms with Crippen LogP contribution in [0.4, 0.5) is 11.5 Å². The smallest absolute Gasteiger partial charge is 0.290 e. The van der Waals surface area contributed by atoms with E-state index in [1.54, 1.807) is 0 Å². The van der Waals surface area contributed by atoms with Gasteiger partial charge in [-0.2, -0.15) is 0 Å². The second kappa shape index (κ2) is 4.69. The van der Waals surface area contributed by atoms with E-state index in [0.717, 1.165) is 5.56 Å². The lowest BCUT2D eigenvalue weighted by Gasteiger charge is -2.14. The van der Waals surface area contributed by atoms with Crippen molar-refractivity contribution in [2.75, 3.05) is 11.1 Å². The number of H-pyrrole nitrogens is 1. The molecule has 2 rings (SSSR count). The lowest BCUT2D eigenvalue weighted by molar-refractivity contribution is 0.867. The van der Waals surface area contributed by atoms with Crippen molar-refractivity contribution >= 4 is 11.5 Å². The molecular formula is C12H14N4O. The average molecular weight is 230 g/mol. The Kier molecular flexibility index (Phi) is 3.09. The summed E-state index contributed by atoms with van der Waals surface area (Å²) in [7, 11) is 0. The minimum atomic E-state index is -0.233. The Balaban J connectivity index is 2.20. The largest absolute Gasteiger partial charge is 0.399 e. The van der Waals surface area contributed by atoms with Gasteiger partial charge in [0.15, 0.2) is 5.82 Å². The third-order valence-corrected chi connectivity index (χ3v) is 2.47. The molecule has 0 spiro atoms. The number of aromatic amines is 1. The molecule has 1 unspecified atom stereocenters. The summed E-state index contributed by atoms with van der Waals surface area (Å²) in [6, 6.07) is 7.49. The van der Waals surface area contributed by atoms with Crippen LogP contribution in [-0.4, -0.2) is 9.97 Å². The molecular weight excluding hydrogens is 216 g/mol. The summed E-state index contributed by atoms with van der Waals surface area (Å²) in [4.78, 5) is 18.0. The average Bonchev–Trinajstić information content (AvgIpc) is 2.32. The predicted molar refractivity (Wildman–Crippen MR) is 67.7 cm³/mol. The lowest BCUT2D eigenvalue weighted by Crippen LogP contribution is -2.17. The first-order valence-electron chi connectivity index (χ1n) is 5.32. The zero-order valence-corrected chi connectivity index (χ0v) is 9.47. The standard InChI is InChI=1S/C12H14N4O/c1-8(9-3-2-4-10(13)7-9)16-11-12(17)15-6-5-14-11/h2-8H,13H2,1H3,(H,14,16)(H,15,17). The zero-order valence-electron chi connectivity index (χ0n) is 9.47. The van der Waals surface area contributed by atoms with Gasteiger partial charge in [0.05, 0.1) is 6.04 Å². The number of nitrogens with two attached hydrogens (primary N) is 1. The molecule has 0 aliphatic carbocycles. The Hall–Kier alpha value is -2.30. The van der Waals surface area contributed by atoms with Crippen LogP contribution in [0.1, 0.15) is 18.5 Å². The summed E-state index contributed by atoms with van der Waals surface area (Å²) in [5, 5.41) is 3.04. The fourth-order valence-electron chi connectivity index (χ4n) is 1.57. The summed E-state index contributed by atoms with van der Waals surface area (Å²) in [5.41, 5.74) is 7.18. The molecule has 0 radical (unpaired) electrons. The third-order valence-electron chi connectivity index (χ3n) is 2.47. The van der Waals surface area contributed by atoms with Crippen LogP contribution in [0.5, 0.6) is 0 Å². The van der Waals surface area contributed by atoms with Gasteiger partial charge in [-0.05, 0) is 24.6 Å². The number of nitrogens with one attached hydrogen (secondary N) is 2. The molecule has 1 heterocycles. The number of nitrogens with zero attached hydrogens (tertiary/aromatic N) is 1. The Morgan fingerprint density at radius 1 is 1.47 bits per heavy atom. The van der Waals surface area contributed by atoms with Gasteiger partial charge in [0.1, 0.15) is 0 Å². The molecule has 88 valence electrons. The Labute approximate surface area is 98.7 Å². The van der Waals surface area contributed by atoms with Crippen LogP contribution in [0.25, 0.3) is 0 Å². The molecule has 1 aromatic heterocycles. The topological polar surface area (TPSA) is 83.8 Å². The number of hydrogen-bond acceptors (Lipinski definition) is 4. The number of hydrogen-bond donors (Lipinski definition) is 3. The first-order valence-corrected chi connectivity index (χ1v) is 5.32. The van der Waals surface area contributed by atoms with E-state index in [1.807, 2.05) is 31.2 Å². The second-order valence-electron chi connectivity index (χ2n) is 3.80. The zero-order chi connectivity index (χ0) is 12.3. The molecule has 1 atom stereocenters. The Bertz CT molecular complexity index is 564. The maximum absolute atomic E-state index is 11.4.